The fraction of sp³-hybridized carbons (Fsp3) is 0. The van der Waals surface area contributed by atoms with E-state index in [-0.39, 0.29) is 0 Å². The molecule has 0 unspecified atom stereocenters. The lowest BCUT2D eigenvalue weighted by atomic mass is 9.81. The largest absolute Gasteiger partial charge is 0.0836 e. The minimum atomic E-state index is 0.570. The third-order valence-electron chi connectivity index (χ3n) is 2.63. The van der Waals surface area contributed by atoms with Gasteiger partial charge in [0.2, 0.25) is 0 Å². The van der Waals surface area contributed by atoms with Crippen molar-refractivity contribution in [3.8, 4) is 22.3 Å². The fourth-order valence-corrected chi connectivity index (χ4v) is 2.54. The third kappa shape index (κ3) is 1.22. The van der Waals surface area contributed by atoms with Gasteiger partial charge in [-0.2, -0.15) is 0 Å². The van der Waals surface area contributed by atoms with Crippen molar-refractivity contribution in [2.24, 2.45) is 0 Å². The SMILES string of the molecule is Clc1cc2c(cc1Cl)-c1c(Cl)cccc1-2. The molecule has 0 radical (unpaired) electrons. The number of rotatable bonds is 0. The molecule has 1 aliphatic rings. The number of fused-ring (bicyclic) bond motifs is 4. The summed E-state index contributed by atoms with van der Waals surface area (Å²) in [6.45, 7) is 0. The molecule has 0 amide bonds. The van der Waals surface area contributed by atoms with E-state index in [0.29, 0.717) is 10.0 Å². The van der Waals surface area contributed by atoms with Crippen LogP contribution in [0.15, 0.2) is 30.3 Å². The Bertz CT molecular complexity index is 573. The highest BCUT2D eigenvalue weighted by Crippen LogP contribution is 2.52. The van der Waals surface area contributed by atoms with Crippen molar-refractivity contribution in [2.75, 3.05) is 0 Å². The molecule has 3 rings (SSSR count). The molecule has 15 heavy (non-hydrogen) atoms. The van der Waals surface area contributed by atoms with Gasteiger partial charge in [0.25, 0.3) is 0 Å². The minimum Gasteiger partial charge on any atom is -0.0836 e. The lowest BCUT2D eigenvalue weighted by Crippen LogP contribution is -1.99. The Balaban J connectivity index is 2.31. The van der Waals surface area contributed by atoms with E-state index in [1.54, 1.807) is 0 Å². The molecule has 3 heteroatoms. The summed E-state index contributed by atoms with van der Waals surface area (Å²) in [5.41, 5.74) is 4.44. The van der Waals surface area contributed by atoms with E-state index in [2.05, 4.69) is 0 Å². The molecule has 0 bridgehead atoms. The molecule has 74 valence electrons. The quantitative estimate of drug-likeness (QED) is 0.512. The van der Waals surface area contributed by atoms with Crippen LogP contribution >= 0.6 is 34.8 Å². The number of hydrogen-bond donors (Lipinski definition) is 0. The van der Waals surface area contributed by atoms with Crippen LogP contribution in [-0.4, -0.2) is 0 Å². The molecule has 0 aromatic heterocycles. The predicted octanol–water partition coefficient (Wildman–Crippen LogP) is 5.29. The first-order valence-corrected chi connectivity index (χ1v) is 5.60. The third-order valence-corrected chi connectivity index (χ3v) is 3.67. The molecule has 0 heterocycles. The van der Waals surface area contributed by atoms with Crippen LogP contribution in [0.3, 0.4) is 0 Å². The van der Waals surface area contributed by atoms with E-state index < -0.39 is 0 Å². The summed E-state index contributed by atoms with van der Waals surface area (Å²) in [5.74, 6) is 0. The zero-order valence-corrected chi connectivity index (χ0v) is 9.79. The molecule has 0 nitrogen and oxygen atoms in total. The molecule has 0 fully saturated rings. The van der Waals surface area contributed by atoms with Crippen LogP contribution in [-0.2, 0) is 0 Å². The molecule has 0 atom stereocenters. The summed E-state index contributed by atoms with van der Waals surface area (Å²) in [7, 11) is 0. The standard InChI is InChI=1S/C12H5Cl3/c13-9-3-1-2-6-7-4-10(14)11(15)5-8(7)12(6)9/h1-5H. The summed E-state index contributed by atoms with van der Waals surface area (Å²) in [4.78, 5) is 0. The summed E-state index contributed by atoms with van der Waals surface area (Å²) in [6.07, 6.45) is 0. The van der Waals surface area contributed by atoms with Crippen molar-refractivity contribution in [3.63, 3.8) is 0 Å². The van der Waals surface area contributed by atoms with E-state index in [1.165, 1.54) is 0 Å². The molecule has 2 aromatic carbocycles. The van der Waals surface area contributed by atoms with Gasteiger partial charge >= 0.3 is 0 Å². The zero-order chi connectivity index (χ0) is 10.6. The van der Waals surface area contributed by atoms with Crippen LogP contribution < -0.4 is 0 Å². The lowest BCUT2D eigenvalue weighted by molar-refractivity contribution is 1.52. The van der Waals surface area contributed by atoms with E-state index in [9.17, 15) is 0 Å². The summed E-state index contributed by atoms with van der Waals surface area (Å²) in [5, 5.41) is 1.92. The van der Waals surface area contributed by atoms with Crippen molar-refractivity contribution in [2.45, 2.75) is 0 Å². The minimum absolute atomic E-state index is 0.570. The van der Waals surface area contributed by atoms with Gasteiger partial charge in [0.05, 0.1) is 10.0 Å². The highest BCUT2D eigenvalue weighted by Gasteiger charge is 2.25. The lowest BCUT2D eigenvalue weighted by Gasteiger charge is -2.25. The monoisotopic (exact) mass is 254 g/mol. The van der Waals surface area contributed by atoms with Gasteiger partial charge in [-0.05, 0) is 34.9 Å². The molecule has 0 saturated carbocycles. The van der Waals surface area contributed by atoms with Crippen molar-refractivity contribution in [1.29, 1.82) is 0 Å². The van der Waals surface area contributed by atoms with Gasteiger partial charge in [0, 0.05) is 10.6 Å². The summed E-state index contributed by atoms with van der Waals surface area (Å²) < 4.78 is 0. The second kappa shape index (κ2) is 3.15. The van der Waals surface area contributed by atoms with Gasteiger partial charge in [-0.3, -0.25) is 0 Å². The Morgan fingerprint density at radius 2 is 1.33 bits per heavy atom. The molecule has 0 aliphatic heterocycles. The maximum atomic E-state index is 6.11. The molecular formula is C12H5Cl3. The summed E-state index contributed by atoms with van der Waals surface area (Å²) >= 11 is 18.0. The number of benzene rings is 2. The molecule has 1 aliphatic carbocycles. The second-order valence-electron chi connectivity index (χ2n) is 3.47. The first-order valence-electron chi connectivity index (χ1n) is 4.47. The van der Waals surface area contributed by atoms with Crippen LogP contribution in [0.2, 0.25) is 15.1 Å². The highest BCUT2D eigenvalue weighted by molar-refractivity contribution is 6.43. The zero-order valence-electron chi connectivity index (χ0n) is 7.52. The number of halogens is 3. The van der Waals surface area contributed by atoms with Crippen LogP contribution in [0.4, 0.5) is 0 Å². The summed E-state index contributed by atoms with van der Waals surface area (Å²) in [6, 6.07) is 9.61. The van der Waals surface area contributed by atoms with Crippen LogP contribution in [0, 0.1) is 0 Å². The average Bonchev–Trinajstić information content (AvgIpc) is 2.21. The molecular weight excluding hydrogens is 250 g/mol. The molecule has 0 saturated heterocycles. The predicted molar refractivity (Wildman–Crippen MR) is 65.9 cm³/mol. The topological polar surface area (TPSA) is 0 Å². The van der Waals surface area contributed by atoms with E-state index in [4.69, 9.17) is 34.8 Å². The maximum Gasteiger partial charge on any atom is 0.0598 e. The highest BCUT2D eigenvalue weighted by atomic mass is 35.5. The molecule has 0 N–H and O–H groups in total. The number of hydrogen-bond acceptors (Lipinski definition) is 0. The first kappa shape index (κ1) is 9.53. The van der Waals surface area contributed by atoms with Crippen LogP contribution in [0.5, 0.6) is 0 Å². The van der Waals surface area contributed by atoms with Gasteiger partial charge in [-0.15, -0.1) is 0 Å². The van der Waals surface area contributed by atoms with Gasteiger partial charge < -0.3 is 0 Å². The van der Waals surface area contributed by atoms with Crippen LogP contribution in [0.1, 0.15) is 0 Å². The fourth-order valence-electron chi connectivity index (χ4n) is 1.94. The average molecular weight is 256 g/mol. The Labute approximate surface area is 102 Å². The van der Waals surface area contributed by atoms with Crippen molar-refractivity contribution in [3.05, 3.63) is 45.4 Å². The smallest absolute Gasteiger partial charge is 0.0598 e. The van der Waals surface area contributed by atoms with Crippen molar-refractivity contribution >= 4 is 34.8 Å². The Hall–Kier alpha value is -0.690. The first-order chi connectivity index (χ1) is 7.18. The maximum absolute atomic E-state index is 6.11. The van der Waals surface area contributed by atoms with Crippen LogP contribution in [0.25, 0.3) is 22.3 Å². The van der Waals surface area contributed by atoms with Crippen molar-refractivity contribution in [1.82, 2.24) is 0 Å². The Morgan fingerprint density at radius 1 is 0.667 bits per heavy atom. The molecule has 2 aromatic rings. The van der Waals surface area contributed by atoms with Gasteiger partial charge in [0.15, 0.2) is 0 Å². The Kier molecular flexibility index (Phi) is 2.00. The normalized spacial score (nSPS) is 11.7. The van der Waals surface area contributed by atoms with E-state index in [1.807, 2.05) is 30.3 Å². The van der Waals surface area contributed by atoms with Crippen molar-refractivity contribution < 1.29 is 0 Å². The molecule has 0 spiro atoms. The van der Waals surface area contributed by atoms with Gasteiger partial charge in [-0.25, -0.2) is 0 Å². The van der Waals surface area contributed by atoms with E-state index in [0.717, 1.165) is 27.3 Å². The van der Waals surface area contributed by atoms with E-state index >= 15 is 0 Å². The Morgan fingerprint density at radius 3 is 2.07 bits per heavy atom. The van der Waals surface area contributed by atoms with Gasteiger partial charge in [0.1, 0.15) is 0 Å². The second-order valence-corrected chi connectivity index (χ2v) is 4.70. The van der Waals surface area contributed by atoms with Gasteiger partial charge in [-0.1, -0.05) is 46.9 Å².